The number of rotatable bonds is 3. The molecule has 0 aromatic rings. The highest BCUT2D eigenvalue weighted by molar-refractivity contribution is 6.05. The van der Waals surface area contributed by atoms with Crippen LogP contribution >= 0.6 is 0 Å². The minimum atomic E-state index is -0.789. The molecule has 0 atom stereocenters. The predicted octanol–water partition coefficient (Wildman–Crippen LogP) is 1.55. The molecule has 0 heterocycles. The molecule has 13 heavy (non-hydrogen) atoms. The van der Waals surface area contributed by atoms with Gasteiger partial charge in [-0.25, -0.2) is 0 Å². The lowest BCUT2D eigenvalue weighted by Crippen LogP contribution is -2.47. The number of carbonyl (C=O) groups excluding carboxylic acids is 2. The summed E-state index contributed by atoms with van der Waals surface area (Å²) >= 11 is 0. The van der Waals surface area contributed by atoms with Crippen LogP contribution in [0.3, 0.4) is 0 Å². The second-order valence-electron chi connectivity index (χ2n) is 3.95. The van der Waals surface area contributed by atoms with Crippen molar-refractivity contribution in [1.82, 2.24) is 0 Å². The first kappa shape index (κ1) is 10.2. The lowest BCUT2D eigenvalue weighted by atomic mass is 9.63. The molecule has 0 aromatic carbocycles. The third kappa shape index (κ3) is 1.47. The van der Waals surface area contributed by atoms with E-state index in [0.717, 1.165) is 6.42 Å². The van der Waals surface area contributed by atoms with E-state index < -0.39 is 5.41 Å². The molecule has 3 nitrogen and oxygen atoms in total. The third-order valence-corrected chi connectivity index (χ3v) is 2.78. The van der Waals surface area contributed by atoms with E-state index in [1.165, 1.54) is 7.11 Å². The van der Waals surface area contributed by atoms with Crippen molar-refractivity contribution < 1.29 is 14.3 Å². The van der Waals surface area contributed by atoms with Gasteiger partial charge in [0.1, 0.15) is 5.41 Å². The summed E-state index contributed by atoms with van der Waals surface area (Å²) in [4.78, 5) is 23.2. The molecule has 0 aliphatic heterocycles. The van der Waals surface area contributed by atoms with E-state index >= 15 is 0 Å². The molecule has 1 aliphatic rings. The molecule has 3 heteroatoms. The first-order valence-electron chi connectivity index (χ1n) is 4.67. The molecule has 0 aromatic heterocycles. The zero-order valence-electron chi connectivity index (χ0n) is 8.42. The Bertz CT molecular complexity index is 226. The molecule has 0 saturated heterocycles. The third-order valence-electron chi connectivity index (χ3n) is 2.78. The highest BCUT2D eigenvalue weighted by atomic mass is 16.5. The van der Waals surface area contributed by atoms with Crippen LogP contribution in [0.25, 0.3) is 0 Å². The lowest BCUT2D eigenvalue weighted by molar-refractivity contribution is -0.165. The van der Waals surface area contributed by atoms with Gasteiger partial charge in [-0.15, -0.1) is 0 Å². The summed E-state index contributed by atoms with van der Waals surface area (Å²) in [5.41, 5.74) is -0.789. The van der Waals surface area contributed by atoms with E-state index in [4.69, 9.17) is 0 Å². The Labute approximate surface area is 78.5 Å². The summed E-state index contributed by atoms with van der Waals surface area (Å²) in [5, 5.41) is 0. The number of Topliss-reactive ketones (excluding diaryl/α,β-unsaturated/α-hetero) is 1. The lowest BCUT2D eigenvalue weighted by Gasteiger charge is -2.38. The molecule has 0 spiro atoms. The number of hydrogen-bond acceptors (Lipinski definition) is 3. The van der Waals surface area contributed by atoms with Crippen molar-refractivity contribution in [1.29, 1.82) is 0 Å². The van der Waals surface area contributed by atoms with Crippen LogP contribution in [-0.4, -0.2) is 18.9 Å². The summed E-state index contributed by atoms with van der Waals surface area (Å²) < 4.78 is 4.67. The minimum absolute atomic E-state index is 0.0330. The maximum Gasteiger partial charge on any atom is 0.319 e. The smallest absolute Gasteiger partial charge is 0.319 e. The van der Waals surface area contributed by atoms with E-state index in [-0.39, 0.29) is 17.7 Å². The van der Waals surface area contributed by atoms with Crippen LogP contribution < -0.4 is 0 Å². The van der Waals surface area contributed by atoms with Gasteiger partial charge in [0.25, 0.3) is 0 Å². The molecule has 1 fully saturated rings. The first-order chi connectivity index (χ1) is 6.04. The van der Waals surface area contributed by atoms with Crippen molar-refractivity contribution in [2.75, 3.05) is 7.11 Å². The molecule has 1 saturated carbocycles. The topological polar surface area (TPSA) is 43.4 Å². The van der Waals surface area contributed by atoms with Gasteiger partial charge in [0.05, 0.1) is 7.11 Å². The van der Waals surface area contributed by atoms with Crippen molar-refractivity contribution in [3.8, 4) is 0 Å². The highest BCUT2D eigenvalue weighted by Gasteiger charge is 2.51. The van der Waals surface area contributed by atoms with Gasteiger partial charge in [-0.3, -0.25) is 9.59 Å². The van der Waals surface area contributed by atoms with Crippen molar-refractivity contribution in [3.63, 3.8) is 0 Å². The summed E-state index contributed by atoms with van der Waals surface area (Å²) in [7, 11) is 1.34. The molecular formula is C10H16O3. The Morgan fingerprint density at radius 2 is 1.85 bits per heavy atom. The van der Waals surface area contributed by atoms with E-state index in [1.807, 2.05) is 13.8 Å². The fourth-order valence-corrected chi connectivity index (χ4v) is 1.83. The normalized spacial score (nSPS) is 19.4. The van der Waals surface area contributed by atoms with Crippen LogP contribution in [0.2, 0.25) is 0 Å². The fourth-order valence-electron chi connectivity index (χ4n) is 1.83. The first-order valence-corrected chi connectivity index (χ1v) is 4.67. The van der Waals surface area contributed by atoms with Crippen LogP contribution in [-0.2, 0) is 14.3 Å². The highest BCUT2D eigenvalue weighted by Crippen LogP contribution is 2.44. The Kier molecular flexibility index (Phi) is 2.74. The number of ether oxygens (including phenoxy) is 1. The zero-order valence-corrected chi connectivity index (χ0v) is 8.42. The fraction of sp³-hybridized carbons (Fsp3) is 0.800. The van der Waals surface area contributed by atoms with Crippen LogP contribution in [0.15, 0.2) is 0 Å². The van der Waals surface area contributed by atoms with Crippen molar-refractivity contribution in [2.24, 2.45) is 11.3 Å². The minimum Gasteiger partial charge on any atom is -0.468 e. The summed E-state index contributed by atoms with van der Waals surface area (Å²) in [6.45, 7) is 3.65. The molecule has 0 amide bonds. The van der Waals surface area contributed by atoms with Crippen LogP contribution in [0.5, 0.6) is 0 Å². The molecule has 0 bridgehead atoms. The van der Waals surface area contributed by atoms with E-state index in [9.17, 15) is 9.59 Å². The van der Waals surface area contributed by atoms with Gasteiger partial charge in [0.2, 0.25) is 0 Å². The number of ketones is 1. The van der Waals surface area contributed by atoms with Gasteiger partial charge in [-0.05, 0) is 12.8 Å². The number of methoxy groups -OCH3 is 1. The molecule has 1 rings (SSSR count). The largest absolute Gasteiger partial charge is 0.468 e. The Hall–Kier alpha value is -0.860. The summed E-state index contributed by atoms with van der Waals surface area (Å²) in [5.74, 6) is -0.401. The Morgan fingerprint density at radius 1 is 1.31 bits per heavy atom. The second-order valence-corrected chi connectivity index (χ2v) is 3.95. The van der Waals surface area contributed by atoms with E-state index in [1.54, 1.807) is 0 Å². The van der Waals surface area contributed by atoms with Gasteiger partial charge in [0, 0.05) is 5.92 Å². The number of carbonyl (C=O) groups is 2. The summed E-state index contributed by atoms with van der Waals surface area (Å²) in [6, 6.07) is 0. The van der Waals surface area contributed by atoms with Crippen molar-refractivity contribution in [2.45, 2.75) is 33.1 Å². The van der Waals surface area contributed by atoms with E-state index in [2.05, 4.69) is 4.74 Å². The van der Waals surface area contributed by atoms with Gasteiger partial charge in [0.15, 0.2) is 5.78 Å². The zero-order chi connectivity index (χ0) is 10.1. The molecule has 0 unspecified atom stereocenters. The molecule has 1 aliphatic carbocycles. The molecule has 0 N–H and O–H groups in total. The average molecular weight is 184 g/mol. The maximum absolute atomic E-state index is 11.7. The standard InChI is InChI=1S/C10H16O3/c1-7(2)8(11)10(5-4-6-10)9(12)13-3/h7H,4-6H2,1-3H3. The van der Waals surface area contributed by atoms with Crippen LogP contribution in [0.4, 0.5) is 0 Å². The van der Waals surface area contributed by atoms with Crippen molar-refractivity contribution >= 4 is 11.8 Å². The monoisotopic (exact) mass is 184 g/mol. The molecule has 74 valence electrons. The van der Waals surface area contributed by atoms with Gasteiger partial charge >= 0.3 is 5.97 Å². The van der Waals surface area contributed by atoms with E-state index in [0.29, 0.717) is 12.8 Å². The van der Waals surface area contributed by atoms with Crippen LogP contribution in [0, 0.1) is 11.3 Å². The van der Waals surface area contributed by atoms with Gasteiger partial charge < -0.3 is 4.74 Å². The molecule has 0 radical (unpaired) electrons. The van der Waals surface area contributed by atoms with Gasteiger partial charge in [-0.2, -0.15) is 0 Å². The summed E-state index contributed by atoms with van der Waals surface area (Å²) in [6.07, 6.45) is 2.28. The van der Waals surface area contributed by atoms with Crippen molar-refractivity contribution in [3.05, 3.63) is 0 Å². The second kappa shape index (κ2) is 3.48. The number of esters is 1. The Morgan fingerprint density at radius 3 is 2.08 bits per heavy atom. The number of hydrogen-bond donors (Lipinski definition) is 0. The SMILES string of the molecule is COC(=O)C1(C(=O)C(C)C)CCC1. The average Bonchev–Trinajstić information content (AvgIpc) is 2.01. The molecular weight excluding hydrogens is 168 g/mol. The maximum atomic E-state index is 11.7. The van der Waals surface area contributed by atoms with Crippen LogP contribution in [0.1, 0.15) is 33.1 Å². The Balaban J connectivity index is 2.81. The quantitative estimate of drug-likeness (QED) is 0.493. The predicted molar refractivity (Wildman–Crippen MR) is 48.1 cm³/mol. The van der Waals surface area contributed by atoms with Gasteiger partial charge in [-0.1, -0.05) is 20.3 Å².